The average Bonchev–Trinajstić information content (AvgIpc) is 3.39. The minimum atomic E-state index is -3.52. The van der Waals surface area contributed by atoms with Crippen LogP contribution in [0.4, 0.5) is 5.00 Å². The monoisotopic (exact) mass is 476 g/mol. The zero-order valence-corrected chi connectivity index (χ0v) is 19.8. The van der Waals surface area contributed by atoms with Gasteiger partial charge in [0.05, 0.1) is 23.6 Å². The van der Waals surface area contributed by atoms with Crippen molar-refractivity contribution in [3.8, 4) is 0 Å². The van der Waals surface area contributed by atoms with Gasteiger partial charge >= 0.3 is 5.97 Å². The summed E-state index contributed by atoms with van der Waals surface area (Å²) in [5.41, 5.74) is 2.02. The van der Waals surface area contributed by atoms with E-state index < -0.39 is 10.0 Å². The van der Waals surface area contributed by atoms with Gasteiger partial charge in [-0.05, 0) is 68.9 Å². The molecule has 0 saturated carbocycles. The summed E-state index contributed by atoms with van der Waals surface area (Å²) in [6.45, 7) is 3.18. The number of carbonyl (C=O) groups excluding carboxylic acids is 2. The highest BCUT2D eigenvalue weighted by atomic mass is 32.2. The summed E-state index contributed by atoms with van der Waals surface area (Å²) in [7, 11) is -3.52. The standard InChI is InChI=1S/C23H28N2O5S2/c1-2-30-23(27)21-18-7-6-8-20(18)31-22(21)24-15-19(26)16-9-11-17(12-10-16)32(28,29)25-13-4-3-5-14-25/h9-12,24H,2-8,13-15H2,1H3. The van der Waals surface area contributed by atoms with E-state index in [0.717, 1.165) is 44.1 Å². The molecule has 0 unspecified atom stereocenters. The van der Waals surface area contributed by atoms with E-state index in [1.165, 1.54) is 32.7 Å². The average molecular weight is 477 g/mol. The molecule has 1 N–H and O–H groups in total. The predicted molar refractivity (Wildman–Crippen MR) is 124 cm³/mol. The van der Waals surface area contributed by atoms with Crippen molar-refractivity contribution in [3.63, 3.8) is 0 Å². The SMILES string of the molecule is CCOC(=O)c1c(NCC(=O)c2ccc(S(=O)(=O)N3CCCCC3)cc2)sc2c1CCC2. The zero-order chi connectivity index (χ0) is 22.7. The third-order valence-corrected chi connectivity index (χ3v) is 9.10. The first-order chi connectivity index (χ1) is 15.4. The van der Waals surface area contributed by atoms with Crippen molar-refractivity contribution < 1.29 is 22.7 Å². The smallest absolute Gasteiger partial charge is 0.341 e. The number of thiophene rings is 1. The molecule has 172 valence electrons. The third-order valence-electron chi connectivity index (χ3n) is 5.94. The number of sulfonamides is 1. The van der Waals surface area contributed by atoms with Crippen molar-refractivity contribution in [1.29, 1.82) is 0 Å². The number of anilines is 1. The van der Waals surface area contributed by atoms with E-state index in [4.69, 9.17) is 4.74 Å². The molecule has 1 aliphatic carbocycles. The molecule has 0 atom stereocenters. The van der Waals surface area contributed by atoms with Gasteiger partial charge in [-0.3, -0.25) is 4.79 Å². The maximum absolute atomic E-state index is 12.8. The number of ketones is 1. The lowest BCUT2D eigenvalue weighted by Crippen LogP contribution is -2.35. The van der Waals surface area contributed by atoms with Gasteiger partial charge in [-0.2, -0.15) is 4.31 Å². The lowest BCUT2D eigenvalue weighted by atomic mass is 10.1. The molecule has 0 spiro atoms. The predicted octanol–water partition coefficient (Wildman–Crippen LogP) is 3.88. The Bertz CT molecular complexity index is 1100. The number of aryl methyl sites for hydroxylation is 1. The summed E-state index contributed by atoms with van der Waals surface area (Å²) >= 11 is 1.51. The van der Waals surface area contributed by atoms with E-state index in [9.17, 15) is 18.0 Å². The van der Waals surface area contributed by atoms with Gasteiger partial charge in [0.2, 0.25) is 10.0 Å². The first-order valence-corrected chi connectivity index (χ1v) is 13.4. The number of benzene rings is 1. The summed E-state index contributed by atoms with van der Waals surface area (Å²) in [6.07, 6.45) is 5.62. The topological polar surface area (TPSA) is 92.8 Å². The molecular formula is C23H28N2O5S2. The Morgan fingerprint density at radius 3 is 2.47 bits per heavy atom. The van der Waals surface area contributed by atoms with Crippen LogP contribution in [-0.4, -0.2) is 50.7 Å². The van der Waals surface area contributed by atoms with Gasteiger partial charge in [0, 0.05) is 23.5 Å². The Balaban J connectivity index is 1.45. The Morgan fingerprint density at radius 2 is 1.78 bits per heavy atom. The second-order valence-corrected chi connectivity index (χ2v) is 11.1. The second kappa shape index (κ2) is 9.72. The van der Waals surface area contributed by atoms with Crippen LogP contribution in [0.3, 0.4) is 0 Å². The number of nitrogens with zero attached hydrogens (tertiary/aromatic N) is 1. The van der Waals surface area contributed by atoms with Crippen LogP contribution in [0.2, 0.25) is 0 Å². The summed E-state index contributed by atoms with van der Waals surface area (Å²) in [5.74, 6) is -0.524. The summed E-state index contributed by atoms with van der Waals surface area (Å²) in [4.78, 5) is 26.6. The highest BCUT2D eigenvalue weighted by Gasteiger charge is 2.28. The molecule has 2 aliphatic rings. The first kappa shape index (κ1) is 22.9. The van der Waals surface area contributed by atoms with E-state index in [-0.39, 0.29) is 23.2 Å². The van der Waals surface area contributed by atoms with Crippen molar-refractivity contribution in [2.45, 2.75) is 50.3 Å². The number of piperidine rings is 1. The number of fused-ring (bicyclic) bond motifs is 1. The minimum absolute atomic E-state index is 0.0179. The highest BCUT2D eigenvalue weighted by molar-refractivity contribution is 7.89. The number of hydrogen-bond donors (Lipinski definition) is 1. The Labute approximate surface area is 192 Å². The summed E-state index contributed by atoms with van der Waals surface area (Å²) < 4.78 is 32.3. The van der Waals surface area contributed by atoms with Gasteiger partial charge in [-0.1, -0.05) is 6.42 Å². The van der Waals surface area contributed by atoms with E-state index in [1.807, 2.05) is 0 Å². The first-order valence-electron chi connectivity index (χ1n) is 11.1. The molecule has 1 saturated heterocycles. The van der Waals surface area contributed by atoms with Crippen LogP contribution in [-0.2, 0) is 27.6 Å². The Hall–Kier alpha value is -2.23. The van der Waals surface area contributed by atoms with Crippen molar-refractivity contribution in [3.05, 3.63) is 45.8 Å². The number of carbonyl (C=O) groups is 2. The maximum Gasteiger partial charge on any atom is 0.341 e. The number of Topliss-reactive ketones (excluding diaryl/α,β-unsaturated/α-hetero) is 1. The van der Waals surface area contributed by atoms with Crippen molar-refractivity contribution >= 4 is 38.1 Å². The molecule has 0 bridgehead atoms. The van der Waals surface area contributed by atoms with Gasteiger partial charge in [-0.15, -0.1) is 11.3 Å². The number of esters is 1. The minimum Gasteiger partial charge on any atom is -0.462 e. The molecule has 7 nitrogen and oxygen atoms in total. The highest BCUT2D eigenvalue weighted by Crippen LogP contribution is 2.39. The van der Waals surface area contributed by atoms with Crippen LogP contribution in [0, 0.1) is 0 Å². The quantitative estimate of drug-likeness (QED) is 0.459. The fraction of sp³-hybridized carbons (Fsp3) is 0.478. The molecule has 1 aliphatic heterocycles. The number of hydrogen-bond acceptors (Lipinski definition) is 7. The Kier molecular flexibility index (Phi) is 6.97. The van der Waals surface area contributed by atoms with Crippen molar-refractivity contribution in [2.24, 2.45) is 0 Å². The molecule has 2 aromatic rings. The molecule has 1 fully saturated rings. The van der Waals surface area contributed by atoms with Crippen LogP contribution in [0.15, 0.2) is 29.2 Å². The zero-order valence-electron chi connectivity index (χ0n) is 18.2. The van der Waals surface area contributed by atoms with Crippen molar-refractivity contribution in [1.82, 2.24) is 4.31 Å². The molecule has 0 amide bonds. The van der Waals surface area contributed by atoms with E-state index in [0.29, 0.717) is 35.8 Å². The normalized spacial score (nSPS) is 16.5. The fourth-order valence-corrected chi connectivity index (χ4v) is 7.07. The largest absolute Gasteiger partial charge is 0.462 e. The lowest BCUT2D eigenvalue weighted by molar-refractivity contribution is 0.0526. The number of rotatable bonds is 8. The summed E-state index contributed by atoms with van der Waals surface area (Å²) in [5, 5.41) is 3.79. The molecule has 1 aromatic carbocycles. The van der Waals surface area contributed by atoms with Gasteiger partial charge in [0.25, 0.3) is 0 Å². The molecule has 0 radical (unpaired) electrons. The van der Waals surface area contributed by atoms with Gasteiger partial charge in [0.15, 0.2) is 5.78 Å². The van der Waals surface area contributed by atoms with E-state index in [2.05, 4.69) is 5.32 Å². The van der Waals surface area contributed by atoms with Gasteiger partial charge < -0.3 is 10.1 Å². The summed E-state index contributed by atoms with van der Waals surface area (Å²) in [6, 6.07) is 6.12. The van der Waals surface area contributed by atoms with Crippen LogP contribution in [0.1, 0.15) is 63.8 Å². The molecule has 9 heteroatoms. The maximum atomic E-state index is 12.8. The van der Waals surface area contributed by atoms with Crippen LogP contribution in [0.5, 0.6) is 0 Å². The molecule has 1 aromatic heterocycles. The number of nitrogens with one attached hydrogen (secondary N) is 1. The lowest BCUT2D eigenvalue weighted by Gasteiger charge is -2.25. The van der Waals surface area contributed by atoms with Crippen LogP contribution < -0.4 is 5.32 Å². The van der Waals surface area contributed by atoms with Gasteiger partial charge in [0.1, 0.15) is 5.00 Å². The second-order valence-electron chi connectivity index (χ2n) is 8.05. The van der Waals surface area contributed by atoms with E-state index >= 15 is 0 Å². The third kappa shape index (κ3) is 4.60. The van der Waals surface area contributed by atoms with Crippen LogP contribution >= 0.6 is 11.3 Å². The number of ether oxygens (including phenoxy) is 1. The fourth-order valence-electron chi connectivity index (χ4n) is 4.28. The van der Waals surface area contributed by atoms with Crippen LogP contribution in [0.25, 0.3) is 0 Å². The van der Waals surface area contributed by atoms with Crippen molar-refractivity contribution in [2.75, 3.05) is 31.6 Å². The van der Waals surface area contributed by atoms with E-state index in [1.54, 1.807) is 19.1 Å². The molecule has 32 heavy (non-hydrogen) atoms. The molecule has 4 rings (SSSR count). The molecule has 2 heterocycles. The van der Waals surface area contributed by atoms with Gasteiger partial charge in [-0.25, -0.2) is 13.2 Å². The molecular weight excluding hydrogens is 448 g/mol. The Morgan fingerprint density at radius 1 is 1.06 bits per heavy atom.